The number of aromatic nitrogens is 1. The first-order valence-corrected chi connectivity index (χ1v) is 10.3. The summed E-state index contributed by atoms with van der Waals surface area (Å²) in [6.45, 7) is 4.47. The van der Waals surface area contributed by atoms with Crippen molar-refractivity contribution >= 4 is 44.9 Å². The summed E-state index contributed by atoms with van der Waals surface area (Å²) in [7, 11) is 1.61. The van der Waals surface area contributed by atoms with E-state index in [0.29, 0.717) is 11.5 Å². The lowest BCUT2D eigenvalue weighted by Gasteiger charge is -2.06. The second-order valence-electron chi connectivity index (χ2n) is 6.38. The molecule has 0 atom stereocenters. The van der Waals surface area contributed by atoms with E-state index in [4.69, 9.17) is 4.74 Å². The lowest BCUT2D eigenvalue weighted by molar-refractivity contribution is 0.102. The Morgan fingerprint density at radius 3 is 2.69 bits per heavy atom. The molecular formula is C20H22N2O2S2. The van der Waals surface area contributed by atoms with E-state index in [0.717, 1.165) is 31.7 Å². The minimum absolute atomic E-state index is 0.136. The number of anilines is 1. The number of methoxy groups -OCH3 is 1. The summed E-state index contributed by atoms with van der Waals surface area (Å²) in [5.41, 5.74) is 2.35. The number of ether oxygens (including phenoxy) is 1. The Morgan fingerprint density at radius 2 is 2.00 bits per heavy atom. The van der Waals surface area contributed by atoms with Crippen LogP contribution in [0, 0.1) is 5.92 Å². The number of fused-ring (bicyclic) bond motifs is 1. The Kier molecular flexibility index (Phi) is 6.16. The van der Waals surface area contributed by atoms with Crippen molar-refractivity contribution in [2.45, 2.75) is 24.6 Å². The van der Waals surface area contributed by atoms with Crippen LogP contribution in [0.15, 0.2) is 46.8 Å². The molecule has 0 aliphatic rings. The van der Waals surface area contributed by atoms with E-state index in [1.807, 2.05) is 18.2 Å². The number of hydrogen-bond acceptors (Lipinski definition) is 5. The van der Waals surface area contributed by atoms with Crippen LogP contribution in [0.4, 0.5) is 5.69 Å². The molecule has 0 saturated carbocycles. The molecule has 0 radical (unpaired) electrons. The second kappa shape index (κ2) is 8.56. The maximum Gasteiger partial charge on any atom is 0.255 e. The van der Waals surface area contributed by atoms with Gasteiger partial charge in [0.05, 0.1) is 17.3 Å². The highest BCUT2D eigenvalue weighted by atomic mass is 32.2. The fraction of sp³-hybridized carbons (Fsp3) is 0.300. The molecule has 0 bridgehead atoms. The number of benzene rings is 2. The second-order valence-corrected chi connectivity index (χ2v) is 8.75. The molecule has 136 valence electrons. The number of thiazole rings is 1. The molecule has 0 spiro atoms. The van der Waals surface area contributed by atoms with Crippen LogP contribution in [0.1, 0.15) is 30.6 Å². The Bertz CT molecular complexity index is 888. The fourth-order valence-electron chi connectivity index (χ4n) is 2.37. The van der Waals surface area contributed by atoms with Crippen LogP contribution in [0.2, 0.25) is 0 Å². The summed E-state index contributed by atoms with van der Waals surface area (Å²) >= 11 is 3.48. The number of carbonyl (C=O) groups is 1. The third kappa shape index (κ3) is 4.77. The maximum atomic E-state index is 12.4. The molecule has 6 heteroatoms. The number of rotatable bonds is 7. The predicted octanol–water partition coefficient (Wildman–Crippen LogP) is 5.70. The van der Waals surface area contributed by atoms with E-state index in [-0.39, 0.29) is 5.91 Å². The van der Waals surface area contributed by atoms with Gasteiger partial charge in [-0.15, -0.1) is 11.3 Å². The van der Waals surface area contributed by atoms with Crippen molar-refractivity contribution in [2.24, 2.45) is 5.92 Å². The van der Waals surface area contributed by atoms with Gasteiger partial charge in [-0.2, -0.15) is 0 Å². The number of nitrogens with zero attached hydrogens (tertiary/aromatic N) is 1. The molecule has 0 fully saturated rings. The van der Waals surface area contributed by atoms with Crippen LogP contribution in [-0.4, -0.2) is 23.8 Å². The molecule has 1 N–H and O–H groups in total. The van der Waals surface area contributed by atoms with Gasteiger partial charge < -0.3 is 10.1 Å². The zero-order chi connectivity index (χ0) is 18.5. The molecule has 3 aromatic rings. The SMILES string of the molecule is COc1ccc(C(=O)Nc2ccc3nc(SCCC(C)C)sc3c2)cc1. The zero-order valence-corrected chi connectivity index (χ0v) is 16.7. The highest BCUT2D eigenvalue weighted by Crippen LogP contribution is 2.32. The highest BCUT2D eigenvalue weighted by Gasteiger charge is 2.09. The van der Waals surface area contributed by atoms with Crippen molar-refractivity contribution in [1.82, 2.24) is 4.98 Å². The van der Waals surface area contributed by atoms with Gasteiger partial charge in [-0.1, -0.05) is 25.6 Å². The van der Waals surface area contributed by atoms with Gasteiger partial charge >= 0.3 is 0 Å². The summed E-state index contributed by atoms with van der Waals surface area (Å²) in [6, 6.07) is 12.9. The minimum Gasteiger partial charge on any atom is -0.497 e. The minimum atomic E-state index is -0.136. The smallest absolute Gasteiger partial charge is 0.255 e. The van der Waals surface area contributed by atoms with Gasteiger partial charge in [0.15, 0.2) is 4.34 Å². The first-order chi connectivity index (χ1) is 12.5. The van der Waals surface area contributed by atoms with Gasteiger partial charge in [-0.25, -0.2) is 4.98 Å². The van der Waals surface area contributed by atoms with E-state index in [9.17, 15) is 4.79 Å². The average Bonchev–Trinajstić information content (AvgIpc) is 3.03. The highest BCUT2D eigenvalue weighted by molar-refractivity contribution is 8.01. The molecule has 3 rings (SSSR count). The van der Waals surface area contributed by atoms with Crippen molar-refractivity contribution in [3.05, 3.63) is 48.0 Å². The van der Waals surface area contributed by atoms with Gasteiger partial charge in [0, 0.05) is 17.0 Å². The van der Waals surface area contributed by atoms with Crippen molar-refractivity contribution < 1.29 is 9.53 Å². The Labute approximate surface area is 162 Å². The molecule has 1 heterocycles. The lowest BCUT2D eigenvalue weighted by atomic mass is 10.2. The van der Waals surface area contributed by atoms with Gasteiger partial charge in [-0.05, 0) is 54.8 Å². The number of carbonyl (C=O) groups excluding carboxylic acids is 1. The molecule has 26 heavy (non-hydrogen) atoms. The standard InChI is InChI=1S/C20H22N2O2S2/c1-13(2)10-11-25-20-22-17-9-6-15(12-18(17)26-20)21-19(23)14-4-7-16(24-3)8-5-14/h4-9,12-13H,10-11H2,1-3H3,(H,21,23). The molecule has 0 aliphatic heterocycles. The summed E-state index contributed by atoms with van der Waals surface area (Å²) in [4.78, 5) is 17.1. The van der Waals surface area contributed by atoms with Gasteiger partial charge in [0.1, 0.15) is 5.75 Å². The topological polar surface area (TPSA) is 51.2 Å². The van der Waals surface area contributed by atoms with Gasteiger partial charge in [0.25, 0.3) is 5.91 Å². The monoisotopic (exact) mass is 386 g/mol. The van der Waals surface area contributed by atoms with Crippen LogP contribution in [0.5, 0.6) is 5.75 Å². The third-order valence-corrected chi connectivity index (χ3v) is 6.09. The third-order valence-electron chi connectivity index (χ3n) is 3.90. The first-order valence-electron chi connectivity index (χ1n) is 8.54. The zero-order valence-electron chi connectivity index (χ0n) is 15.1. The molecule has 1 aromatic heterocycles. The predicted molar refractivity (Wildman–Crippen MR) is 111 cm³/mol. The molecule has 0 unspecified atom stereocenters. The molecular weight excluding hydrogens is 364 g/mol. The summed E-state index contributed by atoms with van der Waals surface area (Å²) in [6.07, 6.45) is 1.18. The van der Waals surface area contributed by atoms with Crippen LogP contribution >= 0.6 is 23.1 Å². The number of thioether (sulfide) groups is 1. The number of amides is 1. The summed E-state index contributed by atoms with van der Waals surface area (Å²) in [5, 5.41) is 2.95. The van der Waals surface area contributed by atoms with Gasteiger partial charge in [0.2, 0.25) is 0 Å². The van der Waals surface area contributed by atoms with Crippen molar-refractivity contribution in [1.29, 1.82) is 0 Å². The van der Waals surface area contributed by atoms with Gasteiger partial charge in [-0.3, -0.25) is 4.79 Å². The van der Waals surface area contributed by atoms with Crippen LogP contribution in [0.25, 0.3) is 10.2 Å². The van der Waals surface area contributed by atoms with Crippen molar-refractivity contribution in [2.75, 3.05) is 18.2 Å². The molecule has 0 saturated heterocycles. The van der Waals surface area contributed by atoms with E-state index in [1.54, 1.807) is 54.5 Å². The van der Waals surface area contributed by atoms with Crippen LogP contribution < -0.4 is 10.1 Å². The maximum absolute atomic E-state index is 12.4. The Hall–Kier alpha value is -2.05. The van der Waals surface area contributed by atoms with E-state index < -0.39 is 0 Å². The normalized spacial score (nSPS) is 11.1. The Morgan fingerprint density at radius 1 is 1.23 bits per heavy atom. The summed E-state index contributed by atoms with van der Waals surface area (Å²) in [5.74, 6) is 2.38. The van der Waals surface area contributed by atoms with Crippen LogP contribution in [0.3, 0.4) is 0 Å². The Balaban J connectivity index is 1.68. The number of hydrogen-bond donors (Lipinski definition) is 1. The fourth-order valence-corrected chi connectivity index (χ4v) is 4.79. The molecule has 2 aromatic carbocycles. The number of nitrogens with one attached hydrogen (secondary N) is 1. The first kappa shape index (κ1) is 18.7. The molecule has 1 amide bonds. The quantitative estimate of drug-likeness (QED) is 0.530. The summed E-state index contributed by atoms with van der Waals surface area (Å²) < 4.78 is 7.29. The van der Waals surface area contributed by atoms with Crippen LogP contribution in [-0.2, 0) is 0 Å². The largest absolute Gasteiger partial charge is 0.497 e. The van der Waals surface area contributed by atoms with E-state index in [1.165, 1.54) is 6.42 Å². The molecule has 4 nitrogen and oxygen atoms in total. The average molecular weight is 387 g/mol. The van der Waals surface area contributed by atoms with Crippen molar-refractivity contribution in [3.63, 3.8) is 0 Å². The van der Waals surface area contributed by atoms with Crippen molar-refractivity contribution in [3.8, 4) is 5.75 Å². The molecule has 0 aliphatic carbocycles. The van der Waals surface area contributed by atoms with E-state index >= 15 is 0 Å². The lowest BCUT2D eigenvalue weighted by Crippen LogP contribution is -2.11. The van der Waals surface area contributed by atoms with E-state index in [2.05, 4.69) is 24.1 Å².